The summed E-state index contributed by atoms with van der Waals surface area (Å²) in [6.07, 6.45) is 4.78. The van der Waals surface area contributed by atoms with Crippen molar-refractivity contribution in [2.45, 2.75) is 39.0 Å². The van der Waals surface area contributed by atoms with E-state index in [1.807, 2.05) is 6.07 Å². The second-order valence-corrected chi connectivity index (χ2v) is 5.24. The van der Waals surface area contributed by atoms with E-state index in [2.05, 4.69) is 24.2 Å². The highest BCUT2D eigenvalue weighted by molar-refractivity contribution is 5.89. The molecule has 1 heterocycles. The Morgan fingerprint density at radius 1 is 1.40 bits per heavy atom. The van der Waals surface area contributed by atoms with Crippen molar-refractivity contribution in [3.8, 4) is 11.3 Å². The van der Waals surface area contributed by atoms with Crippen LogP contribution in [0.1, 0.15) is 46.9 Å². The van der Waals surface area contributed by atoms with Gasteiger partial charge in [0.25, 0.3) is 0 Å². The zero-order valence-electron chi connectivity index (χ0n) is 11.5. The lowest BCUT2D eigenvalue weighted by Gasteiger charge is -2.07. The molecule has 0 aliphatic heterocycles. The second kappa shape index (κ2) is 5.12. The lowest BCUT2D eigenvalue weighted by Crippen LogP contribution is -2.01. The third-order valence-corrected chi connectivity index (χ3v) is 3.82. The van der Waals surface area contributed by atoms with Crippen LogP contribution in [0.4, 0.5) is 0 Å². The van der Waals surface area contributed by atoms with Crippen LogP contribution in [0.25, 0.3) is 11.3 Å². The number of aromatic nitrogens is 1. The first kappa shape index (κ1) is 12.9. The van der Waals surface area contributed by atoms with E-state index in [9.17, 15) is 4.79 Å². The Hall–Kier alpha value is -2.10. The van der Waals surface area contributed by atoms with Gasteiger partial charge in [0.15, 0.2) is 11.5 Å². The Kier molecular flexibility index (Phi) is 3.30. The molecule has 0 amide bonds. The molecule has 0 spiro atoms. The van der Waals surface area contributed by atoms with Gasteiger partial charge in [-0.15, -0.1) is 0 Å². The van der Waals surface area contributed by atoms with E-state index in [-0.39, 0.29) is 5.69 Å². The SMILES string of the molecule is CCCc1ccc2c(c1)CCCc1c(C(=O)O)noc1-2. The van der Waals surface area contributed by atoms with Gasteiger partial charge in [-0.3, -0.25) is 0 Å². The molecule has 0 fully saturated rings. The Labute approximate surface area is 117 Å². The molecule has 0 atom stereocenters. The highest BCUT2D eigenvalue weighted by Gasteiger charge is 2.25. The van der Waals surface area contributed by atoms with E-state index in [1.165, 1.54) is 11.1 Å². The quantitative estimate of drug-likeness (QED) is 0.928. The predicted molar refractivity (Wildman–Crippen MR) is 74.9 cm³/mol. The number of aryl methyl sites for hydroxylation is 2. The van der Waals surface area contributed by atoms with Gasteiger partial charge in [-0.05, 0) is 36.8 Å². The first-order valence-electron chi connectivity index (χ1n) is 7.04. The van der Waals surface area contributed by atoms with E-state index in [0.29, 0.717) is 12.2 Å². The molecule has 1 aromatic heterocycles. The number of benzene rings is 1. The Bertz CT molecular complexity index is 658. The standard InChI is InChI=1S/C16H17NO3/c1-2-4-10-7-8-12-11(9-10)5-3-6-13-14(16(18)19)17-20-15(12)13/h7-9H,2-6H2,1H3,(H,18,19). The van der Waals surface area contributed by atoms with E-state index >= 15 is 0 Å². The third-order valence-electron chi connectivity index (χ3n) is 3.82. The monoisotopic (exact) mass is 271 g/mol. The lowest BCUT2D eigenvalue weighted by atomic mass is 9.98. The fourth-order valence-corrected chi connectivity index (χ4v) is 2.90. The van der Waals surface area contributed by atoms with Gasteiger partial charge in [0.1, 0.15) is 0 Å². The van der Waals surface area contributed by atoms with Crippen LogP contribution in [-0.4, -0.2) is 16.2 Å². The van der Waals surface area contributed by atoms with Gasteiger partial charge in [-0.1, -0.05) is 36.7 Å². The molecule has 1 N–H and O–H groups in total. The van der Waals surface area contributed by atoms with Crippen LogP contribution < -0.4 is 0 Å². The van der Waals surface area contributed by atoms with Gasteiger partial charge >= 0.3 is 5.97 Å². The largest absolute Gasteiger partial charge is 0.476 e. The number of carbonyl (C=O) groups is 1. The summed E-state index contributed by atoms with van der Waals surface area (Å²) in [5, 5.41) is 12.9. The van der Waals surface area contributed by atoms with Crippen molar-refractivity contribution >= 4 is 5.97 Å². The summed E-state index contributed by atoms with van der Waals surface area (Å²) in [5.74, 6) is -0.376. The molecule has 20 heavy (non-hydrogen) atoms. The van der Waals surface area contributed by atoms with Gasteiger partial charge in [0, 0.05) is 11.1 Å². The predicted octanol–water partition coefficient (Wildman–Crippen LogP) is 3.48. The zero-order chi connectivity index (χ0) is 14.1. The minimum Gasteiger partial charge on any atom is -0.476 e. The fraction of sp³-hybridized carbons (Fsp3) is 0.375. The molecule has 3 rings (SSSR count). The maximum absolute atomic E-state index is 11.2. The highest BCUT2D eigenvalue weighted by atomic mass is 16.5. The molecule has 104 valence electrons. The van der Waals surface area contributed by atoms with E-state index < -0.39 is 5.97 Å². The molecular weight excluding hydrogens is 254 g/mol. The maximum Gasteiger partial charge on any atom is 0.358 e. The summed E-state index contributed by atoms with van der Waals surface area (Å²) < 4.78 is 5.32. The maximum atomic E-state index is 11.2. The number of carboxylic acids is 1. The Morgan fingerprint density at radius 2 is 2.25 bits per heavy atom. The fourth-order valence-electron chi connectivity index (χ4n) is 2.90. The number of nitrogens with zero attached hydrogens (tertiary/aromatic N) is 1. The third kappa shape index (κ3) is 2.11. The molecule has 0 bridgehead atoms. The number of hydrogen-bond donors (Lipinski definition) is 1. The van der Waals surface area contributed by atoms with Crippen LogP contribution in [-0.2, 0) is 19.3 Å². The zero-order valence-corrected chi connectivity index (χ0v) is 11.5. The van der Waals surface area contributed by atoms with Crippen LogP contribution in [0.3, 0.4) is 0 Å². The van der Waals surface area contributed by atoms with Crippen molar-refractivity contribution in [1.82, 2.24) is 5.16 Å². The van der Waals surface area contributed by atoms with E-state index in [0.717, 1.165) is 36.8 Å². The molecule has 0 saturated carbocycles. The number of fused-ring (bicyclic) bond motifs is 3. The first-order valence-corrected chi connectivity index (χ1v) is 7.04. The molecule has 0 radical (unpaired) electrons. The van der Waals surface area contributed by atoms with Crippen molar-refractivity contribution in [2.24, 2.45) is 0 Å². The summed E-state index contributed by atoms with van der Waals surface area (Å²) in [5.41, 5.74) is 4.36. The number of hydrogen-bond acceptors (Lipinski definition) is 3. The van der Waals surface area contributed by atoms with Crippen LogP contribution in [0, 0.1) is 0 Å². The molecule has 4 heteroatoms. The smallest absolute Gasteiger partial charge is 0.358 e. The van der Waals surface area contributed by atoms with Crippen molar-refractivity contribution in [3.05, 3.63) is 40.6 Å². The van der Waals surface area contributed by atoms with Crippen molar-refractivity contribution in [2.75, 3.05) is 0 Å². The molecule has 0 saturated heterocycles. The Balaban J connectivity index is 2.10. The summed E-state index contributed by atoms with van der Waals surface area (Å²) in [6, 6.07) is 6.36. The van der Waals surface area contributed by atoms with Gasteiger partial charge in [-0.2, -0.15) is 0 Å². The first-order chi connectivity index (χ1) is 9.70. The summed E-state index contributed by atoms with van der Waals surface area (Å²) in [7, 11) is 0. The number of aromatic carboxylic acids is 1. The van der Waals surface area contributed by atoms with Crippen LogP contribution in [0.5, 0.6) is 0 Å². The molecule has 1 aromatic carbocycles. The molecule has 4 nitrogen and oxygen atoms in total. The topological polar surface area (TPSA) is 63.3 Å². The Morgan fingerprint density at radius 3 is 3.00 bits per heavy atom. The van der Waals surface area contributed by atoms with Gasteiger partial charge in [0.2, 0.25) is 0 Å². The minimum absolute atomic E-state index is 0.0606. The second-order valence-electron chi connectivity index (χ2n) is 5.24. The number of carboxylic acid groups (broad SMARTS) is 1. The van der Waals surface area contributed by atoms with Crippen LogP contribution >= 0.6 is 0 Å². The summed E-state index contributed by atoms with van der Waals surface area (Å²) in [6.45, 7) is 2.17. The van der Waals surface area contributed by atoms with Gasteiger partial charge in [-0.25, -0.2) is 4.79 Å². The van der Waals surface area contributed by atoms with Gasteiger partial charge in [0.05, 0.1) is 0 Å². The summed E-state index contributed by atoms with van der Waals surface area (Å²) >= 11 is 0. The lowest BCUT2D eigenvalue weighted by molar-refractivity contribution is 0.0684. The van der Waals surface area contributed by atoms with Crippen LogP contribution in [0.15, 0.2) is 22.7 Å². The molecule has 0 unspecified atom stereocenters. The molecule has 1 aliphatic carbocycles. The van der Waals surface area contributed by atoms with Crippen molar-refractivity contribution in [1.29, 1.82) is 0 Å². The van der Waals surface area contributed by atoms with Crippen LogP contribution in [0.2, 0.25) is 0 Å². The van der Waals surface area contributed by atoms with Crippen molar-refractivity contribution in [3.63, 3.8) is 0 Å². The van der Waals surface area contributed by atoms with E-state index in [4.69, 9.17) is 9.63 Å². The average molecular weight is 271 g/mol. The van der Waals surface area contributed by atoms with E-state index in [1.54, 1.807) is 0 Å². The molecule has 2 aromatic rings. The summed E-state index contributed by atoms with van der Waals surface area (Å²) in [4.78, 5) is 11.2. The highest BCUT2D eigenvalue weighted by Crippen LogP contribution is 2.34. The van der Waals surface area contributed by atoms with Crippen molar-refractivity contribution < 1.29 is 14.4 Å². The molecule has 1 aliphatic rings. The normalized spacial score (nSPS) is 13.4. The molecular formula is C16H17NO3. The average Bonchev–Trinajstić information content (AvgIpc) is 2.76. The van der Waals surface area contributed by atoms with Gasteiger partial charge < -0.3 is 9.63 Å². The minimum atomic E-state index is -1.01. The number of rotatable bonds is 3.